The van der Waals surface area contributed by atoms with Gasteiger partial charge in [0.15, 0.2) is 0 Å². The number of nitrogens with two attached hydrogens (primary N) is 1. The van der Waals surface area contributed by atoms with Crippen LogP contribution in [0.25, 0.3) is 0 Å². The van der Waals surface area contributed by atoms with Gasteiger partial charge in [0.25, 0.3) is 0 Å². The second kappa shape index (κ2) is 6.00. The van der Waals surface area contributed by atoms with Crippen molar-refractivity contribution in [1.29, 1.82) is 0 Å². The molecule has 0 aliphatic carbocycles. The molecule has 0 radical (unpaired) electrons. The number of benzene rings is 1. The van der Waals surface area contributed by atoms with Gasteiger partial charge in [-0.05, 0) is 19.1 Å². The zero-order chi connectivity index (χ0) is 13.9. The van der Waals surface area contributed by atoms with Crippen LogP contribution in [0.4, 0.5) is 0 Å². The van der Waals surface area contributed by atoms with Gasteiger partial charge in [-0.25, -0.2) is 8.42 Å². The van der Waals surface area contributed by atoms with E-state index in [2.05, 4.69) is 11.8 Å². The maximum absolute atomic E-state index is 12.4. The van der Waals surface area contributed by atoms with E-state index in [-0.39, 0.29) is 0 Å². The van der Waals surface area contributed by atoms with Crippen LogP contribution in [-0.4, -0.2) is 56.4 Å². The van der Waals surface area contributed by atoms with Crippen LogP contribution < -0.4 is 5.73 Å². The van der Waals surface area contributed by atoms with E-state index in [0.717, 1.165) is 13.1 Å². The van der Waals surface area contributed by atoms with Gasteiger partial charge in [-0.2, -0.15) is 4.31 Å². The Balaban J connectivity index is 2.06. The smallest absolute Gasteiger partial charge is 0.243 e. The third-order valence-electron chi connectivity index (χ3n) is 3.62. The Morgan fingerprint density at radius 2 is 1.74 bits per heavy atom. The molecule has 5 nitrogen and oxygen atoms in total. The highest BCUT2D eigenvalue weighted by Crippen LogP contribution is 2.17. The fourth-order valence-electron chi connectivity index (χ4n) is 2.28. The van der Waals surface area contributed by atoms with Crippen molar-refractivity contribution in [3.05, 3.63) is 30.3 Å². The zero-order valence-electron chi connectivity index (χ0n) is 11.2. The molecular formula is C13H21N3O2S. The van der Waals surface area contributed by atoms with Crippen LogP contribution in [0.15, 0.2) is 35.2 Å². The van der Waals surface area contributed by atoms with Crippen LogP contribution in [0.3, 0.4) is 0 Å². The number of sulfonamides is 1. The van der Waals surface area contributed by atoms with E-state index >= 15 is 0 Å². The summed E-state index contributed by atoms with van der Waals surface area (Å²) in [6, 6.07) is 8.91. The van der Waals surface area contributed by atoms with E-state index in [4.69, 9.17) is 5.73 Å². The van der Waals surface area contributed by atoms with E-state index in [1.165, 1.54) is 0 Å². The minimum absolute atomic E-state index is 0.307. The minimum Gasteiger partial charge on any atom is -0.329 e. The standard InChI is InChI=1S/C13H21N3O2S/c1-12(11-14)15-7-9-16(10-8-15)19(17,18)13-5-3-2-4-6-13/h2-6,12H,7-11,14H2,1H3. The van der Waals surface area contributed by atoms with Gasteiger partial charge < -0.3 is 5.73 Å². The first-order valence-corrected chi connectivity index (χ1v) is 7.99. The summed E-state index contributed by atoms with van der Waals surface area (Å²) in [6.07, 6.45) is 0. The van der Waals surface area contributed by atoms with Crippen LogP contribution in [0.1, 0.15) is 6.92 Å². The fourth-order valence-corrected chi connectivity index (χ4v) is 3.72. The quantitative estimate of drug-likeness (QED) is 0.865. The summed E-state index contributed by atoms with van der Waals surface area (Å²) in [4.78, 5) is 2.60. The van der Waals surface area contributed by atoms with Gasteiger partial charge in [-0.1, -0.05) is 18.2 Å². The summed E-state index contributed by atoms with van der Waals surface area (Å²) in [5, 5.41) is 0. The Kier molecular flexibility index (Phi) is 4.57. The average molecular weight is 283 g/mol. The Hall–Kier alpha value is -0.950. The molecule has 1 fully saturated rings. The first-order chi connectivity index (χ1) is 9.05. The molecular weight excluding hydrogens is 262 g/mol. The highest BCUT2D eigenvalue weighted by Gasteiger charge is 2.29. The second-order valence-electron chi connectivity index (χ2n) is 4.84. The van der Waals surface area contributed by atoms with E-state index in [9.17, 15) is 8.42 Å². The van der Waals surface area contributed by atoms with Crippen molar-refractivity contribution in [2.24, 2.45) is 5.73 Å². The van der Waals surface area contributed by atoms with Gasteiger partial charge in [0.2, 0.25) is 10.0 Å². The van der Waals surface area contributed by atoms with Crippen LogP contribution in [0, 0.1) is 0 Å². The molecule has 1 aliphatic rings. The molecule has 2 rings (SSSR count). The Bertz CT molecular complexity index is 496. The molecule has 0 spiro atoms. The van der Waals surface area contributed by atoms with Crippen molar-refractivity contribution in [1.82, 2.24) is 9.21 Å². The Morgan fingerprint density at radius 1 is 1.16 bits per heavy atom. The predicted molar refractivity (Wildman–Crippen MR) is 75.3 cm³/mol. The highest BCUT2D eigenvalue weighted by atomic mass is 32.2. The number of hydrogen-bond donors (Lipinski definition) is 1. The van der Waals surface area contributed by atoms with Crippen molar-refractivity contribution in [2.45, 2.75) is 17.9 Å². The third kappa shape index (κ3) is 3.14. The fraction of sp³-hybridized carbons (Fsp3) is 0.538. The van der Waals surface area contributed by atoms with E-state index < -0.39 is 10.0 Å². The van der Waals surface area contributed by atoms with Gasteiger partial charge in [0, 0.05) is 38.8 Å². The molecule has 1 saturated heterocycles. The molecule has 0 saturated carbocycles. The van der Waals surface area contributed by atoms with Crippen LogP contribution in [0.2, 0.25) is 0 Å². The van der Waals surface area contributed by atoms with Gasteiger partial charge in [-0.3, -0.25) is 4.90 Å². The van der Waals surface area contributed by atoms with Gasteiger partial charge in [0.1, 0.15) is 0 Å². The van der Waals surface area contributed by atoms with Crippen LogP contribution in [0.5, 0.6) is 0 Å². The molecule has 106 valence electrons. The highest BCUT2D eigenvalue weighted by molar-refractivity contribution is 7.89. The lowest BCUT2D eigenvalue weighted by atomic mass is 10.2. The molecule has 2 N–H and O–H groups in total. The van der Waals surface area contributed by atoms with Crippen LogP contribution in [-0.2, 0) is 10.0 Å². The molecule has 1 atom stereocenters. The normalized spacial score (nSPS) is 20.3. The van der Waals surface area contributed by atoms with Gasteiger partial charge >= 0.3 is 0 Å². The van der Waals surface area contributed by atoms with E-state index in [1.807, 2.05) is 6.07 Å². The monoisotopic (exact) mass is 283 g/mol. The molecule has 0 amide bonds. The Morgan fingerprint density at radius 3 is 2.26 bits per heavy atom. The molecule has 19 heavy (non-hydrogen) atoms. The summed E-state index contributed by atoms with van der Waals surface area (Å²) in [5.41, 5.74) is 5.64. The largest absolute Gasteiger partial charge is 0.329 e. The third-order valence-corrected chi connectivity index (χ3v) is 5.53. The van der Waals surface area contributed by atoms with Crippen molar-refractivity contribution >= 4 is 10.0 Å². The van der Waals surface area contributed by atoms with E-state index in [0.29, 0.717) is 30.6 Å². The topological polar surface area (TPSA) is 66.6 Å². The van der Waals surface area contributed by atoms with Crippen molar-refractivity contribution < 1.29 is 8.42 Å². The minimum atomic E-state index is -3.34. The summed E-state index contributed by atoms with van der Waals surface area (Å²) in [5.74, 6) is 0. The maximum Gasteiger partial charge on any atom is 0.243 e. The van der Waals surface area contributed by atoms with Crippen molar-refractivity contribution in [3.8, 4) is 0 Å². The lowest BCUT2D eigenvalue weighted by Gasteiger charge is -2.37. The summed E-state index contributed by atoms with van der Waals surface area (Å²) in [7, 11) is -3.34. The molecule has 1 unspecified atom stereocenters. The molecule has 0 bridgehead atoms. The first kappa shape index (κ1) is 14.5. The van der Waals surface area contributed by atoms with Gasteiger partial charge in [0.05, 0.1) is 4.90 Å². The number of piperazine rings is 1. The second-order valence-corrected chi connectivity index (χ2v) is 6.78. The van der Waals surface area contributed by atoms with Gasteiger partial charge in [-0.15, -0.1) is 0 Å². The molecule has 1 aromatic rings. The summed E-state index contributed by atoms with van der Waals surface area (Å²) in [6.45, 7) is 5.21. The Labute approximate surface area is 115 Å². The predicted octanol–water partition coefficient (Wildman–Crippen LogP) is 0.340. The SMILES string of the molecule is CC(CN)N1CCN(S(=O)(=O)c2ccccc2)CC1. The molecule has 0 aromatic heterocycles. The molecule has 1 aromatic carbocycles. The lowest BCUT2D eigenvalue weighted by molar-refractivity contribution is 0.149. The van der Waals surface area contributed by atoms with Crippen LogP contribution >= 0.6 is 0 Å². The number of rotatable bonds is 4. The van der Waals surface area contributed by atoms with Crippen molar-refractivity contribution in [3.63, 3.8) is 0 Å². The average Bonchev–Trinajstić information content (AvgIpc) is 2.47. The number of hydrogen-bond acceptors (Lipinski definition) is 4. The summed E-state index contributed by atoms with van der Waals surface area (Å²) >= 11 is 0. The molecule has 1 heterocycles. The number of nitrogens with zero attached hydrogens (tertiary/aromatic N) is 2. The lowest BCUT2D eigenvalue weighted by Crippen LogP contribution is -2.52. The summed E-state index contributed by atoms with van der Waals surface area (Å²) < 4.78 is 26.4. The maximum atomic E-state index is 12.4. The zero-order valence-corrected chi connectivity index (χ0v) is 12.0. The molecule has 1 aliphatic heterocycles. The van der Waals surface area contributed by atoms with E-state index in [1.54, 1.807) is 28.6 Å². The van der Waals surface area contributed by atoms with Crippen molar-refractivity contribution in [2.75, 3.05) is 32.7 Å². The molecule has 6 heteroatoms. The first-order valence-electron chi connectivity index (χ1n) is 6.55.